The van der Waals surface area contributed by atoms with E-state index in [9.17, 15) is 0 Å². The van der Waals surface area contributed by atoms with Crippen LogP contribution in [0.2, 0.25) is 0 Å². The van der Waals surface area contributed by atoms with Crippen molar-refractivity contribution in [3.8, 4) is 0 Å². The van der Waals surface area contributed by atoms with E-state index in [0.717, 1.165) is 0 Å². The Morgan fingerprint density at radius 3 is 1.82 bits per heavy atom. The third-order valence-corrected chi connectivity index (χ3v) is 16.0. The van der Waals surface area contributed by atoms with Crippen LogP contribution in [0.3, 0.4) is 0 Å². The van der Waals surface area contributed by atoms with Crippen LogP contribution in [-0.4, -0.2) is 40.1 Å². The first kappa shape index (κ1) is 12.9. The number of benzene rings is 4. The van der Waals surface area contributed by atoms with Crippen LogP contribution in [0.4, 0.5) is 0 Å². The van der Waals surface area contributed by atoms with Gasteiger partial charge in [0, 0.05) is 0 Å². The van der Waals surface area contributed by atoms with E-state index < -0.39 is 0 Å². The van der Waals surface area contributed by atoms with Crippen molar-refractivity contribution in [1.29, 1.82) is 0 Å². The van der Waals surface area contributed by atoms with Gasteiger partial charge in [0.25, 0.3) is 0 Å². The Hall–Kier alpha value is -0.432. The van der Waals surface area contributed by atoms with Crippen LogP contribution < -0.4 is 13.4 Å². The zero-order chi connectivity index (χ0) is 14.3. The van der Waals surface area contributed by atoms with E-state index in [2.05, 4.69) is 58.7 Å². The van der Waals surface area contributed by atoms with Gasteiger partial charge in [-0.25, -0.2) is 0 Å². The van der Waals surface area contributed by atoms with Crippen molar-refractivity contribution in [1.82, 2.24) is 0 Å². The summed E-state index contributed by atoms with van der Waals surface area (Å²) < 4.78 is 5.05. The molecular formula is C18H8SSe3. The number of hydrogen-bond acceptors (Lipinski definition) is 1. The second-order valence-corrected chi connectivity index (χ2v) is 15.2. The first-order valence-electron chi connectivity index (χ1n) is 7.05. The molecule has 0 saturated heterocycles. The van der Waals surface area contributed by atoms with Gasteiger partial charge in [0.1, 0.15) is 0 Å². The van der Waals surface area contributed by atoms with Gasteiger partial charge in [0.15, 0.2) is 0 Å². The van der Waals surface area contributed by atoms with Gasteiger partial charge in [-0.15, -0.1) is 0 Å². The predicted octanol–water partition coefficient (Wildman–Crippen LogP) is 2.08. The Kier molecular flexibility index (Phi) is 2.68. The van der Waals surface area contributed by atoms with Gasteiger partial charge < -0.3 is 0 Å². The third kappa shape index (κ3) is 1.48. The van der Waals surface area contributed by atoms with Crippen molar-refractivity contribution < 1.29 is 0 Å². The van der Waals surface area contributed by atoms with Crippen LogP contribution in [0.25, 0.3) is 32.3 Å². The van der Waals surface area contributed by atoms with Crippen LogP contribution in [0.1, 0.15) is 0 Å². The van der Waals surface area contributed by atoms with E-state index in [4.69, 9.17) is 0 Å². The molecule has 104 valence electrons. The summed E-state index contributed by atoms with van der Waals surface area (Å²) >= 11 is 1.81. The van der Waals surface area contributed by atoms with Gasteiger partial charge in [0.2, 0.25) is 0 Å². The average molecular weight is 493 g/mol. The van der Waals surface area contributed by atoms with E-state index in [1.165, 1.54) is 16.2 Å². The standard InChI is InChI=1S/C18H8SSe3/c1-2-6-10-9(5-1)15-13-14-17(10)21-22-18(14)12-8-4-3-7-11(12)16(13)20-19-15/h1-8H. The summed E-state index contributed by atoms with van der Waals surface area (Å²) in [5.74, 6) is 0. The van der Waals surface area contributed by atoms with E-state index in [1.54, 1.807) is 34.4 Å². The molecule has 2 aliphatic heterocycles. The molecule has 4 heteroatoms. The Morgan fingerprint density at radius 1 is 0.591 bits per heavy atom. The average Bonchev–Trinajstić information content (AvgIpc) is 3.19. The van der Waals surface area contributed by atoms with E-state index >= 15 is 0 Å². The minimum absolute atomic E-state index is 0.518. The van der Waals surface area contributed by atoms with Crippen LogP contribution in [0, 0.1) is 0 Å². The molecule has 0 amide bonds. The first-order chi connectivity index (χ1) is 10.9. The van der Waals surface area contributed by atoms with Gasteiger partial charge in [-0.05, 0) is 0 Å². The Labute approximate surface area is 148 Å². The molecule has 0 aliphatic carbocycles. The van der Waals surface area contributed by atoms with Crippen LogP contribution in [0.15, 0.2) is 53.4 Å². The summed E-state index contributed by atoms with van der Waals surface area (Å²) in [6.45, 7) is 0. The molecule has 0 nitrogen and oxygen atoms in total. The second kappa shape index (κ2) is 4.56. The summed E-state index contributed by atoms with van der Waals surface area (Å²) in [7, 11) is 2.11. The van der Waals surface area contributed by atoms with Gasteiger partial charge in [0.05, 0.1) is 0 Å². The van der Waals surface area contributed by atoms with E-state index in [1.807, 2.05) is 0 Å². The molecule has 0 atom stereocenters. The third-order valence-electron chi connectivity index (χ3n) is 4.41. The molecule has 4 aromatic carbocycles. The fraction of sp³-hybridized carbons (Fsp3) is 0. The fourth-order valence-corrected chi connectivity index (χ4v) is 17.1. The first-order valence-corrected chi connectivity index (χ1v) is 16.8. The topological polar surface area (TPSA) is 0 Å². The Balaban J connectivity index is 2.03. The molecule has 0 saturated carbocycles. The number of hydrogen-bond donors (Lipinski definition) is 0. The monoisotopic (exact) mass is 496 g/mol. The fourth-order valence-electron chi connectivity index (χ4n) is 3.47. The minimum atomic E-state index is 0.518. The molecular weight excluding hydrogens is 485 g/mol. The van der Waals surface area contributed by atoms with Crippen LogP contribution >= 0.6 is 10.2 Å². The van der Waals surface area contributed by atoms with Crippen molar-refractivity contribution in [3.05, 3.63) is 48.5 Å². The normalized spacial score (nSPS) is 15.5. The number of rotatable bonds is 0. The van der Waals surface area contributed by atoms with Crippen molar-refractivity contribution in [3.63, 3.8) is 0 Å². The zero-order valence-corrected chi connectivity index (χ0v) is 17.2. The molecule has 0 fully saturated rings. The molecule has 0 radical (unpaired) electrons. The van der Waals surface area contributed by atoms with E-state index in [-0.39, 0.29) is 0 Å². The summed E-state index contributed by atoms with van der Waals surface area (Å²) in [4.78, 5) is 1.57. The maximum absolute atomic E-state index is 2.36. The van der Waals surface area contributed by atoms with Gasteiger partial charge in [-0.1, -0.05) is 0 Å². The zero-order valence-electron chi connectivity index (χ0n) is 11.3. The Bertz CT molecular complexity index is 958. The predicted molar refractivity (Wildman–Crippen MR) is 101 cm³/mol. The van der Waals surface area contributed by atoms with Crippen LogP contribution in [-0.2, 0) is 0 Å². The van der Waals surface area contributed by atoms with Crippen molar-refractivity contribution in [2.24, 2.45) is 0 Å². The molecule has 0 bridgehead atoms. The summed E-state index contributed by atoms with van der Waals surface area (Å²) in [5, 5.41) is 9.43. The molecule has 0 N–H and O–H groups in total. The second-order valence-electron chi connectivity index (χ2n) is 5.49. The van der Waals surface area contributed by atoms with Crippen molar-refractivity contribution >= 4 is 96.0 Å². The molecule has 0 unspecified atom stereocenters. The van der Waals surface area contributed by atoms with Crippen molar-refractivity contribution in [2.75, 3.05) is 0 Å². The maximum atomic E-state index is 2.36. The molecule has 4 aromatic rings. The van der Waals surface area contributed by atoms with Crippen molar-refractivity contribution in [2.45, 2.75) is 4.90 Å². The Morgan fingerprint density at radius 2 is 1.14 bits per heavy atom. The van der Waals surface area contributed by atoms with Gasteiger partial charge in [-0.3, -0.25) is 0 Å². The molecule has 2 heterocycles. The number of fused-ring (bicyclic) bond motifs is 6. The summed E-state index contributed by atoms with van der Waals surface area (Å²) in [6.07, 6.45) is 0. The molecule has 6 rings (SSSR count). The molecule has 0 aromatic heterocycles. The van der Waals surface area contributed by atoms with E-state index in [0.29, 0.717) is 40.1 Å². The molecule has 2 aliphatic rings. The van der Waals surface area contributed by atoms with Gasteiger partial charge >= 0.3 is 149 Å². The van der Waals surface area contributed by atoms with Gasteiger partial charge in [-0.2, -0.15) is 0 Å². The molecule has 0 spiro atoms. The SMILES string of the molecule is c1ccc2c3c4c(c5ccccc5c5c4c(c2c1)S[Se]5)[Se][Se]3. The van der Waals surface area contributed by atoms with Crippen LogP contribution in [0.5, 0.6) is 0 Å². The molecule has 22 heavy (non-hydrogen) atoms. The quantitative estimate of drug-likeness (QED) is 0.267. The summed E-state index contributed by atoms with van der Waals surface area (Å²) in [5.41, 5.74) is 0. The summed E-state index contributed by atoms with van der Waals surface area (Å²) in [6, 6.07) is 18.3.